The lowest BCUT2D eigenvalue weighted by atomic mass is 9.63. The Morgan fingerprint density at radius 3 is 1.35 bits per heavy atom. The highest BCUT2D eigenvalue weighted by Crippen LogP contribution is 2.67. The molecule has 4 aromatic carbocycles. The van der Waals surface area contributed by atoms with Gasteiger partial charge < -0.3 is 17.0 Å². The average molecular weight is 592 g/mol. The Morgan fingerprint density at radius 1 is 0.622 bits per heavy atom. The van der Waals surface area contributed by atoms with Crippen LogP contribution in [0.2, 0.25) is 5.02 Å². The van der Waals surface area contributed by atoms with Crippen LogP contribution in [0.1, 0.15) is 69.8 Å². The van der Waals surface area contributed by atoms with Gasteiger partial charge in [-0.3, -0.25) is 0 Å². The summed E-state index contributed by atoms with van der Waals surface area (Å²) in [5.74, 6) is 0. The van der Waals surface area contributed by atoms with Crippen molar-refractivity contribution in [2.45, 2.75) is 63.9 Å². The first-order valence-corrected chi connectivity index (χ1v) is 15.3. The first-order valence-electron chi connectivity index (χ1n) is 13.1. The molecule has 1 aliphatic rings. The molecule has 4 aromatic rings. The minimum atomic E-state index is -2.09. The molecular formula is C34H37BrClP. The van der Waals surface area contributed by atoms with Crippen LogP contribution in [0.25, 0.3) is 0 Å². The molecule has 5 rings (SSSR count). The summed E-state index contributed by atoms with van der Waals surface area (Å²) in [6, 6.07) is 38.2. The van der Waals surface area contributed by atoms with Crippen LogP contribution in [0, 0.1) is 0 Å². The van der Waals surface area contributed by atoms with E-state index in [1.807, 2.05) is 0 Å². The quantitative estimate of drug-likeness (QED) is 0.260. The standard InChI is InChI=1S/C34H37ClP.BrH/c1-25(29-23-30-31(24-32(29)35)34(4,5)22-21-33(30,2)3)36(26-15-9-6-10-16-26,27-17-11-7-12-18-27)28-19-13-8-14-20-28;/h6-20,23-25H,21-22H2,1-5H3;1H/q+1;/p-1. The van der Waals surface area contributed by atoms with Gasteiger partial charge in [0.1, 0.15) is 28.8 Å². The van der Waals surface area contributed by atoms with E-state index in [1.54, 1.807) is 0 Å². The van der Waals surface area contributed by atoms with Crippen molar-refractivity contribution < 1.29 is 17.0 Å². The van der Waals surface area contributed by atoms with Crippen molar-refractivity contribution in [1.29, 1.82) is 0 Å². The topological polar surface area (TPSA) is 0 Å². The van der Waals surface area contributed by atoms with Gasteiger partial charge in [-0.15, -0.1) is 0 Å². The van der Waals surface area contributed by atoms with Crippen LogP contribution in [0.5, 0.6) is 0 Å². The fourth-order valence-electron chi connectivity index (χ4n) is 6.24. The molecule has 0 radical (unpaired) electrons. The van der Waals surface area contributed by atoms with Crippen LogP contribution >= 0.6 is 18.9 Å². The van der Waals surface area contributed by atoms with Crippen molar-refractivity contribution in [3.05, 3.63) is 125 Å². The maximum Gasteiger partial charge on any atom is 0.119 e. The first-order chi connectivity index (χ1) is 17.2. The van der Waals surface area contributed by atoms with Crippen molar-refractivity contribution in [1.82, 2.24) is 0 Å². The third-order valence-corrected chi connectivity index (χ3v) is 13.6. The lowest BCUT2D eigenvalue weighted by Crippen LogP contribution is -3.00. The number of hydrogen-bond donors (Lipinski definition) is 0. The van der Waals surface area contributed by atoms with E-state index in [-0.39, 0.29) is 33.5 Å². The second kappa shape index (κ2) is 10.7. The van der Waals surface area contributed by atoms with Gasteiger partial charge in [0.05, 0.1) is 0 Å². The van der Waals surface area contributed by atoms with Crippen LogP contribution in [0.3, 0.4) is 0 Å². The van der Waals surface area contributed by atoms with Crippen LogP contribution in [0.4, 0.5) is 0 Å². The van der Waals surface area contributed by atoms with Crippen LogP contribution in [-0.2, 0) is 10.8 Å². The third-order valence-electron chi connectivity index (χ3n) is 8.49. The minimum Gasteiger partial charge on any atom is -1.00 e. The molecule has 0 heterocycles. The molecule has 37 heavy (non-hydrogen) atoms. The van der Waals surface area contributed by atoms with E-state index in [9.17, 15) is 0 Å². The van der Waals surface area contributed by atoms with Gasteiger partial charge in [0, 0.05) is 10.6 Å². The fraction of sp³-hybridized carbons (Fsp3) is 0.294. The summed E-state index contributed by atoms with van der Waals surface area (Å²) >= 11 is 7.26. The number of rotatable bonds is 5. The molecule has 0 spiro atoms. The first kappa shape index (κ1) is 28.1. The van der Waals surface area contributed by atoms with E-state index in [2.05, 4.69) is 138 Å². The van der Waals surface area contributed by atoms with Gasteiger partial charge in [-0.1, -0.05) is 93.9 Å². The third kappa shape index (κ3) is 4.85. The number of benzene rings is 4. The number of hydrogen-bond acceptors (Lipinski definition) is 0. The van der Waals surface area contributed by atoms with Crippen molar-refractivity contribution in [2.24, 2.45) is 0 Å². The number of fused-ring (bicyclic) bond motifs is 1. The summed E-state index contributed by atoms with van der Waals surface area (Å²) in [5.41, 5.74) is 4.65. The van der Waals surface area contributed by atoms with E-state index >= 15 is 0 Å². The zero-order chi connectivity index (χ0) is 25.6. The molecule has 192 valence electrons. The molecule has 1 aliphatic carbocycles. The Labute approximate surface area is 239 Å². The lowest BCUT2D eigenvalue weighted by Gasteiger charge is -2.43. The molecule has 1 unspecified atom stereocenters. The van der Waals surface area contributed by atoms with Gasteiger partial charge in [-0.2, -0.15) is 0 Å². The van der Waals surface area contributed by atoms with E-state index in [0.29, 0.717) is 0 Å². The fourth-order valence-corrected chi connectivity index (χ4v) is 11.4. The molecule has 0 fully saturated rings. The number of halogens is 2. The molecule has 1 atom stereocenters. The predicted molar refractivity (Wildman–Crippen MR) is 160 cm³/mol. The summed E-state index contributed by atoms with van der Waals surface area (Å²) in [7, 11) is -2.09. The van der Waals surface area contributed by atoms with E-state index in [4.69, 9.17) is 11.6 Å². The van der Waals surface area contributed by atoms with E-state index in [0.717, 1.165) is 5.02 Å². The van der Waals surface area contributed by atoms with Crippen molar-refractivity contribution in [2.75, 3.05) is 0 Å². The summed E-state index contributed by atoms with van der Waals surface area (Å²) in [5, 5.41) is 5.08. The van der Waals surface area contributed by atoms with Gasteiger partial charge in [0.25, 0.3) is 0 Å². The highest BCUT2D eigenvalue weighted by atomic mass is 79.9. The maximum atomic E-state index is 7.26. The average Bonchev–Trinajstić information content (AvgIpc) is 2.89. The monoisotopic (exact) mass is 590 g/mol. The Balaban J connectivity index is 0.00000320. The zero-order valence-electron chi connectivity index (χ0n) is 22.5. The van der Waals surface area contributed by atoms with E-state index in [1.165, 1.54) is 45.4 Å². The Kier molecular flexibility index (Phi) is 8.11. The normalized spacial score (nSPS) is 16.8. The molecule has 0 aromatic heterocycles. The molecule has 0 nitrogen and oxygen atoms in total. The van der Waals surface area contributed by atoms with E-state index < -0.39 is 7.26 Å². The molecule has 0 saturated carbocycles. The smallest absolute Gasteiger partial charge is 0.119 e. The van der Waals surface area contributed by atoms with Crippen LogP contribution in [-0.4, -0.2) is 0 Å². The van der Waals surface area contributed by atoms with Gasteiger partial charge in [-0.25, -0.2) is 0 Å². The highest BCUT2D eigenvalue weighted by molar-refractivity contribution is 7.96. The Bertz CT molecular complexity index is 1250. The molecule has 0 aliphatic heterocycles. The Morgan fingerprint density at radius 2 is 0.973 bits per heavy atom. The second-order valence-corrected chi connectivity index (χ2v) is 15.8. The maximum absolute atomic E-state index is 7.26. The zero-order valence-corrected chi connectivity index (χ0v) is 25.7. The van der Waals surface area contributed by atoms with Crippen molar-refractivity contribution in [3.63, 3.8) is 0 Å². The molecule has 0 bridgehead atoms. The molecule has 3 heteroatoms. The summed E-state index contributed by atoms with van der Waals surface area (Å²) < 4.78 is 0. The summed E-state index contributed by atoms with van der Waals surface area (Å²) in [6.45, 7) is 12.0. The van der Waals surface area contributed by atoms with Crippen molar-refractivity contribution >= 4 is 34.8 Å². The molecule has 0 N–H and O–H groups in total. The molecular weight excluding hydrogens is 555 g/mol. The lowest BCUT2D eigenvalue weighted by molar-refractivity contribution is -0.00000758. The summed E-state index contributed by atoms with van der Waals surface area (Å²) in [6.07, 6.45) is 2.38. The van der Waals surface area contributed by atoms with Crippen molar-refractivity contribution in [3.8, 4) is 0 Å². The van der Waals surface area contributed by atoms with Gasteiger partial charge >= 0.3 is 0 Å². The minimum absolute atomic E-state index is 0. The van der Waals surface area contributed by atoms with Crippen LogP contribution < -0.4 is 32.9 Å². The molecule has 0 saturated heterocycles. The Hall–Kier alpha value is -1.92. The largest absolute Gasteiger partial charge is 1.00 e. The van der Waals surface area contributed by atoms with Gasteiger partial charge in [0.2, 0.25) is 0 Å². The van der Waals surface area contributed by atoms with Crippen LogP contribution in [0.15, 0.2) is 103 Å². The predicted octanol–water partition coefficient (Wildman–Crippen LogP) is 5.75. The summed E-state index contributed by atoms with van der Waals surface area (Å²) in [4.78, 5) is 0. The highest BCUT2D eigenvalue weighted by Gasteiger charge is 2.52. The SMILES string of the molecule is CC(c1cc2c(cc1Cl)C(C)(C)CCC2(C)C)[P+](c1ccccc1)(c1ccccc1)c1ccccc1.[Br-]. The second-order valence-electron chi connectivity index (χ2n) is 11.6. The van der Waals surface area contributed by atoms with Gasteiger partial charge in [0.15, 0.2) is 0 Å². The molecule has 0 amide bonds. The van der Waals surface area contributed by atoms with Gasteiger partial charge in [-0.05, 0) is 90.3 Å².